The molecule has 0 unspecified atom stereocenters. The van der Waals surface area contributed by atoms with Crippen molar-refractivity contribution in [2.45, 2.75) is 19.9 Å². The molecule has 1 amide bonds. The van der Waals surface area contributed by atoms with Crippen molar-refractivity contribution in [1.29, 1.82) is 0 Å². The highest BCUT2D eigenvalue weighted by Crippen LogP contribution is 2.03. The first-order valence-corrected chi connectivity index (χ1v) is 5.08. The third-order valence-corrected chi connectivity index (χ3v) is 2.17. The first kappa shape index (κ1) is 11.7. The second-order valence-electron chi connectivity index (χ2n) is 3.44. The highest BCUT2D eigenvalue weighted by molar-refractivity contribution is 5.73. The summed E-state index contributed by atoms with van der Waals surface area (Å²) in [5, 5.41) is 0. The predicted octanol–water partition coefficient (Wildman–Crippen LogP) is 0.779. The Hall–Kier alpha value is -1.42. The summed E-state index contributed by atoms with van der Waals surface area (Å²) >= 11 is 0. The van der Waals surface area contributed by atoms with E-state index < -0.39 is 0 Å². The van der Waals surface area contributed by atoms with Crippen molar-refractivity contribution in [3.8, 4) is 0 Å². The summed E-state index contributed by atoms with van der Waals surface area (Å²) in [7, 11) is 0. The topological polar surface area (TPSA) is 59.2 Å². The molecular weight excluding hydrogens is 190 g/mol. The lowest BCUT2D eigenvalue weighted by Crippen LogP contribution is -2.30. The van der Waals surface area contributed by atoms with Crippen LogP contribution in [0.4, 0.5) is 0 Å². The summed E-state index contributed by atoms with van der Waals surface area (Å²) in [6.45, 7) is 3.51. The Labute approximate surface area is 90.1 Å². The quantitative estimate of drug-likeness (QED) is 0.776. The summed E-state index contributed by atoms with van der Waals surface area (Å²) in [5.74, 6) is 0.0762. The predicted molar refractivity (Wildman–Crippen MR) is 59.0 cm³/mol. The summed E-state index contributed by atoms with van der Waals surface area (Å²) in [6, 6.07) is 3.84. The molecule has 1 heterocycles. The normalized spacial score (nSPS) is 10.0. The van der Waals surface area contributed by atoms with Crippen molar-refractivity contribution in [3.05, 3.63) is 30.1 Å². The van der Waals surface area contributed by atoms with Crippen molar-refractivity contribution < 1.29 is 4.79 Å². The molecule has 0 aliphatic carbocycles. The van der Waals surface area contributed by atoms with Gasteiger partial charge in [0, 0.05) is 32.4 Å². The number of carbonyl (C=O) groups excluding carboxylic acids is 1. The number of hydrogen-bond acceptors (Lipinski definition) is 3. The molecule has 0 bridgehead atoms. The van der Waals surface area contributed by atoms with Crippen LogP contribution in [-0.4, -0.2) is 28.9 Å². The Morgan fingerprint density at radius 2 is 2.40 bits per heavy atom. The highest BCUT2D eigenvalue weighted by atomic mass is 16.2. The Balaban J connectivity index is 2.55. The molecule has 82 valence electrons. The van der Waals surface area contributed by atoms with Crippen LogP contribution in [-0.2, 0) is 11.3 Å². The molecule has 0 aromatic carbocycles. The number of nitrogens with zero attached hydrogens (tertiary/aromatic N) is 2. The summed E-state index contributed by atoms with van der Waals surface area (Å²) in [4.78, 5) is 17.1. The number of nitrogens with two attached hydrogens (primary N) is 1. The van der Waals surface area contributed by atoms with E-state index in [-0.39, 0.29) is 5.91 Å². The Kier molecular flexibility index (Phi) is 4.77. The molecule has 0 radical (unpaired) electrons. The maximum Gasteiger partial charge on any atom is 0.219 e. The Morgan fingerprint density at radius 1 is 1.60 bits per heavy atom. The summed E-state index contributed by atoms with van der Waals surface area (Å²) in [6.07, 6.45) is 4.33. The van der Waals surface area contributed by atoms with E-state index in [9.17, 15) is 4.79 Å². The van der Waals surface area contributed by atoms with Crippen LogP contribution in [0.1, 0.15) is 18.9 Å². The fourth-order valence-corrected chi connectivity index (χ4v) is 1.34. The number of hydrogen-bond donors (Lipinski definition) is 1. The zero-order valence-electron chi connectivity index (χ0n) is 9.02. The lowest BCUT2D eigenvalue weighted by Gasteiger charge is -2.20. The molecule has 2 N–H and O–H groups in total. The number of aromatic nitrogens is 1. The second kappa shape index (κ2) is 6.14. The summed E-state index contributed by atoms with van der Waals surface area (Å²) in [5.41, 5.74) is 6.47. The third-order valence-electron chi connectivity index (χ3n) is 2.17. The first-order valence-electron chi connectivity index (χ1n) is 5.08. The van der Waals surface area contributed by atoms with Crippen LogP contribution in [0.2, 0.25) is 0 Å². The van der Waals surface area contributed by atoms with Gasteiger partial charge in [-0.25, -0.2) is 0 Å². The maximum absolute atomic E-state index is 11.3. The molecule has 0 atom stereocenters. The minimum atomic E-state index is 0.0762. The summed E-state index contributed by atoms with van der Waals surface area (Å²) < 4.78 is 0. The lowest BCUT2D eigenvalue weighted by atomic mass is 10.2. The second-order valence-corrected chi connectivity index (χ2v) is 3.44. The van der Waals surface area contributed by atoms with E-state index in [0.29, 0.717) is 19.6 Å². The first-order chi connectivity index (χ1) is 7.24. The van der Waals surface area contributed by atoms with Crippen LogP contribution in [0.5, 0.6) is 0 Å². The van der Waals surface area contributed by atoms with Gasteiger partial charge in [-0.15, -0.1) is 0 Å². The Morgan fingerprint density at radius 3 is 2.93 bits per heavy atom. The van der Waals surface area contributed by atoms with E-state index in [4.69, 9.17) is 5.73 Å². The molecule has 1 aromatic heterocycles. The molecule has 1 aromatic rings. The van der Waals surface area contributed by atoms with E-state index >= 15 is 0 Å². The smallest absolute Gasteiger partial charge is 0.219 e. The van der Waals surface area contributed by atoms with Crippen molar-refractivity contribution in [2.24, 2.45) is 5.73 Å². The fraction of sp³-hybridized carbons (Fsp3) is 0.455. The lowest BCUT2D eigenvalue weighted by molar-refractivity contribution is -0.129. The number of amides is 1. The van der Waals surface area contributed by atoms with Crippen molar-refractivity contribution in [1.82, 2.24) is 9.88 Å². The van der Waals surface area contributed by atoms with E-state index in [1.165, 1.54) is 0 Å². The van der Waals surface area contributed by atoms with Crippen molar-refractivity contribution in [3.63, 3.8) is 0 Å². The number of carbonyl (C=O) groups is 1. The maximum atomic E-state index is 11.3. The van der Waals surface area contributed by atoms with E-state index in [0.717, 1.165) is 12.0 Å². The molecule has 0 fully saturated rings. The van der Waals surface area contributed by atoms with Gasteiger partial charge in [-0.2, -0.15) is 0 Å². The van der Waals surface area contributed by atoms with Gasteiger partial charge in [0.05, 0.1) is 0 Å². The molecule has 0 saturated carbocycles. The average Bonchev–Trinajstić information content (AvgIpc) is 2.25. The van der Waals surface area contributed by atoms with E-state index in [1.807, 2.05) is 12.1 Å². The van der Waals surface area contributed by atoms with Gasteiger partial charge in [0.1, 0.15) is 0 Å². The minimum Gasteiger partial charge on any atom is -0.339 e. The highest BCUT2D eigenvalue weighted by Gasteiger charge is 2.08. The monoisotopic (exact) mass is 207 g/mol. The molecule has 4 nitrogen and oxygen atoms in total. The molecule has 0 spiro atoms. The van der Waals surface area contributed by atoms with Gasteiger partial charge in [0.2, 0.25) is 5.91 Å². The van der Waals surface area contributed by atoms with Crippen LogP contribution in [0, 0.1) is 0 Å². The SMILES string of the molecule is CC(=O)N(CCCN)Cc1cccnc1. The molecule has 0 aliphatic heterocycles. The van der Waals surface area contributed by atoms with Crippen molar-refractivity contribution in [2.75, 3.05) is 13.1 Å². The standard InChI is InChI=1S/C11H17N3O/c1-10(15)14(7-3-5-12)9-11-4-2-6-13-8-11/h2,4,6,8H,3,5,7,9,12H2,1H3. The van der Waals surface area contributed by atoms with E-state index in [1.54, 1.807) is 24.2 Å². The fourth-order valence-electron chi connectivity index (χ4n) is 1.34. The number of pyridine rings is 1. The van der Waals surface area contributed by atoms with Gasteiger partial charge in [-0.1, -0.05) is 6.07 Å². The average molecular weight is 207 g/mol. The van der Waals surface area contributed by atoms with Crippen LogP contribution < -0.4 is 5.73 Å². The molecule has 15 heavy (non-hydrogen) atoms. The molecule has 0 saturated heterocycles. The third kappa shape index (κ3) is 4.08. The van der Waals surface area contributed by atoms with E-state index in [2.05, 4.69) is 4.98 Å². The van der Waals surface area contributed by atoms with Gasteiger partial charge in [-0.05, 0) is 24.6 Å². The van der Waals surface area contributed by atoms with Crippen molar-refractivity contribution >= 4 is 5.91 Å². The van der Waals surface area contributed by atoms with Crippen LogP contribution in [0.15, 0.2) is 24.5 Å². The zero-order valence-corrected chi connectivity index (χ0v) is 9.02. The van der Waals surface area contributed by atoms with Gasteiger partial charge in [-0.3, -0.25) is 9.78 Å². The zero-order chi connectivity index (χ0) is 11.1. The largest absolute Gasteiger partial charge is 0.339 e. The minimum absolute atomic E-state index is 0.0762. The van der Waals surface area contributed by atoms with Crippen LogP contribution >= 0.6 is 0 Å². The van der Waals surface area contributed by atoms with Crippen LogP contribution in [0.25, 0.3) is 0 Å². The molecule has 4 heteroatoms. The van der Waals surface area contributed by atoms with Gasteiger partial charge >= 0.3 is 0 Å². The molecule has 1 rings (SSSR count). The van der Waals surface area contributed by atoms with Gasteiger partial charge < -0.3 is 10.6 Å². The van der Waals surface area contributed by atoms with Crippen LogP contribution in [0.3, 0.4) is 0 Å². The van der Waals surface area contributed by atoms with Gasteiger partial charge in [0.15, 0.2) is 0 Å². The molecule has 0 aliphatic rings. The molecular formula is C11H17N3O. The van der Waals surface area contributed by atoms with Gasteiger partial charge in [0.25, 0.3) is 0 Å². The Bertz CT molecular complexity index is 300. The number of rotatable bonds is 5.